The number of aryl methyl sites for hydroxylation is 4. The van der Waals surface area contributed by atoms with Crippen molar-refractivity contribution in [2.75, 3.05) is 6.54 Å². The van der Waals surface area contributed by atoms with Crippen molar-refractivity contribution in [3.63, 3.8) is 0 Å². The Balaban J connectivity index is 1.82. The highest BCUT2D eigenvalue weighted by molar-refractivity contribution is 8.00. The zero-order chi connectivity index (χ0) is 23.7. The SMILES string of the molecule is CCNC(=O)NC(=O)C(C)Sc1nc2sc3c(c2c(=O)n1-c1ccc(C)c(C)c1)CCCC3. The summed E-state index contributed by atoms with van der Waals surface area (Å²) >= 11 is 2.77. The molecule has 7 nitrogen and oxygen atoms in total. The summed E-state index contributed by atoms with van der Waals surface area (Å²) in [6.45, 7) is 7.96. The average molecular weight is 485 g/mol. The number of nitrogens with one attached hydrogen (secondary N) is 2. The number of thioether (sulfide) groups is 1. The highest BCUT2D eigenvalue weighted by Gasteiger charge is 2.25. The molecule has 1 aliphatic rings. The van der Waals surface area contributed by atoms with E-state index in [0.717, 1.165) is 52.9 Å². The molecule has 0 saturated heterocycles. The molecule has 1 atom stereocenters. The molecule has 2 N–H and O–H groups in total. The molecule has 3 aromatic rings. The van der Waals surface area contributed by atoms with E-state index in [1.165, 1.54) is 16.6 Å². The normalized spacial score (nSPS) is 14.1. The van der Waals surface area contributed by atoms with Crippen LogP contribution in [0.3, 0.4) is 0 Å². The number of rotatable bonds is 5. The van der Waals surface area contributed by atoms with Crippen molar-refractivity contribution in [1.82, 2.24) is 20.2 Å². The van der Waals surface area contributed by atoms with E-state index in [0.29, 0.717) is 17.1 Å². The standard InChI is InChI=1S/C24H28N4O3S2/c1-5-25-23(31)26-20(29)15(4)32-24-27-21-19(17-8-6-7-9-18(17)33-21)22(30)28(24)16-11-10-13(2)14(3)12-16/h10-12,15H,5-9H2,1-4H3,(H2,25,26,29,31). The number of thiophene rings is 1. The first-order valence-electron chi connectivity index (χ1n) is 11.2. The number of nitrogens with zero attached hydrogens (tertiary/aromatic N) is 2. The Bertz CT molecular complexity index is 1300. The summed E-state index contributed by atoms with van der Waals surface area (Å²) in [5.74, 6) is -0.433. The molecule has 2 heterocycles. The van der Waals surface area contributed by atoms with Gasteiger partial charge in [0.25, 0.3) is 5.56 Å². The van der Waals surface area contributed by atoms with Gasteiger partial charge in [-0.25, -0.2) is 9.78 Å². The van der Waals surface area contributed by atoms with Gasteiger partial charge in [0, 0.05) is 11.4 Å². The van der Waals surface area contributed by atoms with E-state index in [1.807, 2.05) is 32.0 Å². The maximum atomic E-state index is 13.8. The minimum Gasteiger partial charge on any atom is -0.338 e. The van der Waals surface area contributed by atoms with Crippen LogP contribution >= 0.6 is 23.1 Å². The van der Waals surface area contributed by atoms with Gasteiger partial charge in [0.15, 0.2) is 5.16 Å². The zero-order valence-corrected chi connectivity index (χ0v) is 20.9. The quantitative estimate of drug-likeness (QED) is 0.417. The number of fused-ring (bicyclic) bond motifs is 3. The van der Waals surface area contributed by atoms with Gasteiger partial charge in [-0.1, -0.05) is 17.8 Å². The van der Waals surface area contributed by atoms with Gasteiger partial charge in [0.05, 0.1) is 16.3 Å². The number of urea groups is 1. The zero-order valence-electron chi connectivity index (χ0n) is 19.3. The van der Waals surface area contributed by atoms with Crippen LogP contribution < -0.4 is 16.2 Å². The Morgan fingerprint density at radius 2 is 1.97 bits per heavy atom. The highest BCUT2D eigenvalue weighted by atomic mass is 32.2. The van der Waals surface area contributed by atoms with E-state index in [4.69, 9.17) is 4.98 Å². The van der Waals surface area contributed by atoms with Crippen LogP contribution in [0.1, 0.15) is 48.3 Å². The van der Waals surface area contributed by atoms with E-state index in [-0.39, 0.29) is 5.56 Å². The van der Waals surface area contributed by atoms with Crippen molar-refractivity contribution in [1.29, 1.82) is 0 Å². The van der Waals surface area contributed by atoms with Gasteiger partial charge in [-0.15, -0.1) is 11.3 Å². The van der Waals surface area contributed by atoms with Crippen molar-refractivity contribution in [2.24, 2.45) is 0 Å². The van der Waals surface area contributed by atoms with Crippen LogP contribution in [0.2, 0.25) is 0 Å². The van der Waals surface area contributed by atoms with E-state index < -0.39 is 17.2 Å². The van der Waals surface area contributed by atoms with Crippen molar-refractivity contribution in [3.05, 3.63) is 50.1 Å². The van der Waals surface area contributed by atoms with Gasteiger partial charge in [0.1, 0.15) is 4.83 Å². The minimum absolute atomic E-state index is 0.0958. The predicted octanol–water partition coefficient (Wildman–Crippen LogP) is 4.27. The third-order valence-electron chi connectivity index (χ3n) is 5.93. The van der Waals surface area contributed by atoms with Gasteiger partial charge in [-0.05, 0) is 82.2 Å². The second-order valence-corrected chi connectivity index (χ2v) is 10.7. The lowest BCUT2D eigenvalue weighted by Crippen LogP contribution is -2.42. The lowest BCUT2D eigenvalue weighted by Gasteiger charge is -2.17. The first-order valence-corrected chi connectivity index (χ1v) is 12.9. The fraction of sp³-hybridized carbons (Fsp3) is 0.417. The largest absolute Gasteiger partial charge is 0.338 e. The minimum atomic E-state index is -0.621. The maximum absolute atomic E-state index is 13.8. The second-order valence-electron chi connectivity index (χ2n) is 8.30. The summed E-state index contributed by atoms with van der Waals surface area (Å²) < 4.78 is 1.62. The summed E-state index contributed by atoms with van der Waals surface area (Å²) in [5, 5.41) is 5.44. The first kappa shape index (κ1) is 23.5. The number of hydrogen-bond donors (Lipinski definition) is 2. The topological polar surface area (TPSA) is 93.1 Å². The molecule has 2 aromatic heterocycles. The summed E-state index contributed by atoms with van der Waals surface area (Å²) in [4.78, 5) is 45.1. The third-order valence-corrected chi connectivity index (χ3v) is 8.17. The van der Waals surface area contributed by atoms with Gasteiger partial charge in [0.2, 0.25) is 5.91 Å². The number of carbonyl (C=O) groups excluding carboxylic acids is 2. The molecule has 1 aliphatic carbocycles. The molecule has 0 saturated carbocycles. The summed E-state index contributed by atoms with van der Waals surface area (Å²) in [7, 11) is 0. The first-order chi connectivity index (χ1) is 15.8. The molecule has 0 aliphatic heterocycles. The molecule has 0 spiro atoms. The summed E-state index contributed by atoms with van der Waals surface area (Å²) in [5.41, 5.74) is 3.98. The Hall–Kier alpha value is -2.65. The molecule has 1 unspecified atom stereocenters. The molecule has 9 heteroatoms. The van der Waals surface area contributed by atoms with E-state index in [1.54, 1.807) is 29.8 Å². The Labute approximate surface area is 201 Å². The fourth-order valence-electron chi connectivity index (χ4n) is 3.99. The Morgan fingerprint density at radius 1 is 1.21 bits per heavy atom. The molecular formula is C24H28N4O3S2. The van der Waals surface area contributed by atoms with Crippen molar-refractivity contribution >= 4 is 45.3 Å². The Morgan fingerprint density at radius 3 is 2.70 bits per heavy atom. The number of aromatic nitrogens is 2. The third kappa shape index (κ3) is 4.70. The van der Waals surface area contributed by atoms with Crippen LogP contribution in [0.15, 0.2) is 28.2 Å². The molecule has 3 amide bonds. The lowest BCUT2D eigenvalue weighted by molar-refractivity contribution is -0.119. The molecule has 0 radical (unpaired) electrons. The van der Waals surface area contributed by atoms with Crippen LogP contribution in [-0.4, -0.2) is 33.3 Å². The molecule has 1 aromatic carbocycles. The van der Waals surface area contributed by atoms with Crippen LogP contribution in [0.4, 0.5) is 4.79 Å². The smallest absolute Gasteiger partial charge is 0.321 e. The number of benzene rings is 1. The van der Waals surface area contributed by atoms with Crippen molar-refractivity contribution in [2.45, 2.75) is 63.8 Å². The lowest BCUT2D eigenvalue weighted by atomic mass is 9.97. The second kappa shape index (κ2) is 9.69. The van der Waals surface area contributed by atoms with Gasteiger partial charge < -0.3 is 5.32 Å². The van der Waals surface area contributed by atoms with Crippen LogP contribution in [0, 0.1) is 13.8 Å². The predicted molar refractivity (Wildman–Crippen MR) is 134 cm³/mol. The highest BCUT2D eigenvalue weighted by Crippen LogP contribution is 2.36. The number of imide groups is 1. The Kier molecular flexibility index (Phi) is 6.90. The number of carbonyl (C=O) groups is 2. The van der Waals surface area contributed by atoms with E-state index in [9.17, 15) is 14.4 Å². The van der Waals surface area contributed by atoms with E-state index >= 15 is 0 Å². The molecule has 4 rings (SSSR count). The number of hydrogen-bond acceptors (Lipinski definition) is 6. The molecule has 33 heavy (non-hydrogen) atoms. The van der Waals surface area contributed by atoms with Crippen molar-refractivity contribution < 1.29 is 9.59 Å². The van der Waals surface area contributed by atoms with Crippen LogP contribution in [0.25, 0.3) is 15.9 Å². The molecule has 0 fully saturated rings. The monoisotopic (exact) mass is 484 g/mol. The maximum Gasteiger partial charge on any atom is 0.321 e. The molecule has 174 valence electrons. The fourth-order valence-corrected chi connectivity index (χ4v) is 6.22. The van der Waals surface area contributed by atoms with Crippen LogP contribution in [0.5, 0.6) is 0 Å². The van der Waals surface area contributed by atoms with Gasteiger partial charge >= 0.3 is 6.03 Å². The van der Waals surface area contributed by atoms with Gasteiger partial charge in [-0.2, -0.15) is 0 Å². The van der Waals surface area contributed by atoms with E-state index in [2.05, 4.69) is 10.6 Å². The summed E-state index contributed by atoms with van der Waals surface area (Å²) in [6.07, 6.45) is 4.09. The van der Waals surface area contributed by atoms with Crippen molar-refractivity contribution in [3.8, 4) is 5.69 Å². The van der Waals surface area contributed by atoms with Crippen LogP contribution in [-0.2, 0) is 17.6 Å². The average Bonchev–Trinajstić information content (AvgIpc) is 3.14. The van der Waals surface area contributed by atoms with Gasteiger partial charge in [-0.3, -0.25) is 19.5 Å². The summed E-state index contributed by atoms with van der Waals surface area (Å²) in [6, 6.07) is 5.35. The molecule has 0 bridgehead atoms. The number of amides is 3. The molecular weight excluding hydrogens is 456 g/mol.